The van der Waals surface area contributed by atoms with E-state index in [4.69, 9.17) is 4.42 Å². The summed E-state index contributed by atoms with van der Waals surface area (Å²) in [5.41, 5.74) is -0.235. The van der Waals surface area contributed by atoms with Gasteiger partial charge in [-0.05, 0) is 36.4 Å². The molecule has 3 rings (SSSR count). The summed E-state index contributed by atoms with van der Waals surface area (Å²) < 4.78 is 60.6. The molecule has 1 unspecified atom stereocenters. The summed E-state index contributed by atoms with van der Waals surface area (Å²) in [6, 6.07) is 7.28. The van der Waals surface area contributed by atoms with Crippen molar-refractivity contribution >= 4 is 10.0 Å². The van der Waals surface area contributed by atoms with Crippen LogP contribution in [0.5, 0.6) is 0 Å². The summed E-state index contributed by atoms with van der Waals surface area (Å²) in [4.78, 5) is 0. The highest BCUT2D eigenvalue weighted by atomic mass is 32.2. The zero-order chi connectivity index (χ0) is 17.9. The molecule has 0 aliphatic rings. The summed E-state index contributed by atoms with van der Waals surface area (Å²) in [6.07, 6.45) is 4.71. The highest BCUT2D eigenvalue weighted by molar-refractivity contribution is 7.88. The summed E-state index contributed by atoms with van der Waals surface area (Å²) in [7, 11) is -3.89. The molecule has 0 aliphatic carbocycles. The molecule has 1 atom stereocenters. The fraction of sp³-hybridized carbons (Fsp3) is 0.188. The lowest BCUT2D eigenvalue weighted by Gasteiger charge is -2.16. The molecule has 2 heterocycles. The van der Waals surface area contributed by atoms with Crippen molar-refractivity contribution in [1.29, 1.82) is 0 Å². The molecular weight excluding hydrogens is 352 g/mol. The van der Waals surface area contributed by atoms with Crippen LogP contribution in [0.15, 0.2) is 59.5 Å². The normalized spacial score (nSPS) is 13.0. The van der Waals surface area contributed by atoms with Crippen LogP contribution in [0.25, 0.3) is 0 Å². The Labute approximate surface area is 143 Å². The van der Waals surface area contributed by atoms with Crippen LogP contribution in [0, 0.1) is 11.6 Å². The van der Waals surface area contributed by atoms with Crippen LogP contribution in [0.1, 0.15) is 17.4 Å². The molecule has 0 bridgehead atoms. The monoisotopic (exact) mass is 367 g/mol. The molecule has 0 amide bonds. The van der Waals surface area contributed by atoms with Crippen LogP contribution < -0.4 is 4.72 Å². The van der Waals surface area contributed by atoms with Gasteiger partial charge in [0.1, 0.15) is 23.4 Å². The first-order valence-corrected chi connectivity index (χ1v) is 9.03. The van der Waals surface area contributed by atoms with E-state index in [-0.39, 0.29) is 12.1 Å². The summed E-state index contributed by atoms with van der Waals surface area (Å²) in [6.45, 7) is -0.0472. The first-order chi connectivity index (χ1) is 11.9. The molecule has 25 heavy (non-hydrogen) atoms. The standard InChI is InChI=1S/C16H15F2N3O3S/c17-13-4-5-14(18)12(9-13)11-25(22,23)20-10-15(16-3-1-8-24-16)21-7-2-6-19-21/h1-9,15,20H,10-11H2. The zero-order valence-electron chi connectivity index (χ0n) is 13.0. The number of sulfonamides is 1. The average Bonchev–Trinajstić information content (AvgIpc) is 3.25. The third-order valence-corrected chi connectivity index (χ3v) is 4.86. The second-order valence-corrected chi connectivity index (χ2v) is 7.17. The topological polar surface area (TPSA) is 77.1 Å². The van der Waals surface area contributed by atoms with E-state index in [1.807, 2.05) is 0 Å². The summed E-state index contributed by atoms with van der Waals surface area (Å²) in [5.74, 6) is -1.62. The van der Waals surface area contributed by atoms with Crippen molar-refractivity contribution in [2.45, 2.75) is 11.8 Å². The second-order valence-electron chi connectivity index (χ2n) is 5.36. The van der Waals surface area contributed by atoms with Gasteiger partial charge in [0.05, 0.1) is 12.0 Å². The minimum atomic E-state index is -3.89. The molecule has 1 N–H and O–H groups in total. The fourth-order valence-electron chi connectivity index (χ4n) is 2.39. The molecule has 3 aromatic rings. The smallest absolute Gasteiger partial charge is 0.215 e. The Morgan fingerprint density at radius 1 is 1.24 bits per heavy atom. The Kier molecular flexibility index (Phi) is 4.95. The first-order valence-electron chi connectivity index (χ1n) is 7.38. The molecule has 0 aliphatic heterocycles. The molecule has 6 nitrogen and oxygen atoms in total. The van der Waals surface area contributed by atoms with Crippen molar-refractivity contribution in [3.05, 3.63) is 78.0 Å². The van der Waals surface area contributed by atoms with Crippen molar-refractivity contribution in [1.82, 2.24) is 14.5 Å². The molecule has 0 saturated heterocycles. The third kappa shape index (κ3) is 4.31. The van der Waals surface area contributed by atoms with Crippen molar-refractivity contribution in [3.63, 3.8) is 0 Å². The minimum absolute atomic E-state index is 0.0472. The predicted octanol–water partition coefficient (Wildman–Crippen LogP) is 2.46. The Balaban J connectivity index is 1.75. The van der Waals surface area contributed by atoms with Crippen LogP contribution in [0.3, 0.4) is 0 Å². The third-order valence-electron chi connectivity index (χ3n) is 3.57. The predicted molar refractivity (Wildman–Crippen MR) is 86.1 cm³/mol. The number of rotatable bonds is 7. The van der Waals surface area contributed by atoms with Gasteiger partial charge in [0.25, 0.3) is 0 Å². The van der Waals surface area contributed by atoms with Crippen LogP contribution in [0.4, 0.5) is 8.78 Å². The maximum absolute atomic E-state index is 13.7. The molecule has 2 aromatic heterocycles. The van der Waals surface area contributed by atoms with E-state index in [0.717, 1.165) is 18.2 Å². The Morgan fingerprint density at radius 3 is 2.76 bits per heavy atom. The Morgan fingerprint density at radius 2 is 2.08 bits per heavy atom. The highest BCUT2D eigenvalue weighted by Gasteiger charge is 2.21. The Bertz CT molecular complexity index is 891. The number of aromatic nitrogens is 2. The van der Waals surface area contributed by atoms with Crippen LogP contribution in [-0.2, 0) is 15.8 Å². The van der Waals surface area contributed by atoms with Crippen LogP contribution >= 0.6 is 0 Å². The van der Waals surface area contributed by atoms with Gasteiger partial charge in [0, 0.05) is 24.5 Å². The lowest BCUT2D eigenvalue weighted by Crippen LogP contribution is -2.32. The van der Waals surface area contributed by atoms with Crippen molar-refractivity contribution in [2.75, 3.05) is 6.54 Å². The molecular formula is C16H15F2N3O3S. The van der Waals surface area contributed by atoms with Gasteiger partial charge in [0.15, 0.2) is 0 Å². The van der Waals surface area contributed by atoms with Gasteiger partial charge in [-0.1, -0.05) is 0 Å². The quantitative estimate of drug-likeness (QED) is 0.696. The summed E-state index contributed by atoms with van der Waals surface area (Å²) >= 11 is 0. The molecule has 0 saturated carbocycles. The highest BCUT2D eigenvalue weighted by Crippen LogP contribution is 2.18. The number of hydrogen-bond acceptors (Lipinski definition) is 4. The maximum atomic E-state index is 13.7. The maximum Gasteiger partial charge on any atom is 0.215 e. The molecule has 0 spiro atoms. The van der Waals surface area contributed by atoms with E-state index >= 15 is 0 Å². The van der Waals surface area contributed by atoms with E-state index in [1.165, 1.54) is 6.26 Å². The molecule has 1 aromatic carbocycles. The van der Waals surface area contributed by atoms with Gasteiger partial charge in [-0.3, -0.25) is 4.68 Å². The SMILES string of the molecule is O=S(=O)(Cc1cc(F)ccc1F)NCC(c1ccco1)n1cccn1. The van der Waals surface area contributed by atoms with E-state index < -0.39 is 33.5 Å². The van der Waals surface area contributed by atoms with Crippen molar-refractivity contribution < 1.29 is 21.6 Å². The van der Waals surface area contributed by atoms with Crippen molar-refractivity contribution in [2.24, 2.45) is 0 Å². The molecule has 0 fully saturated rings. The van der Waals surface area contributed by atoms with E-state index in [0.29, 0.717) is 5.76 Å². The lowest BCUT2D eigenvalue weighted by atomic mass is 10.2. The largest absolute Gasteiger partial charge is 0.467 e. The van der Waals surface area contributed by atoms with Gasteiger partial charge in [-0.2, -0.15) is 5.10 Å². The lowest BCUT2D eigenvalue weighted by molar-refractivity contribution is 0.402. The number of halogens is 2. The van der Waals surface area contributed by atoms with Gasteiger partial charge in [-0.15, -0.1) is 0 Å². The number of benzene rings is 1. The van der Waals surface area contributed by atoms with Gasteiger partial charge in [0.2, 0.25) is 10.0 Å². The number of hydrogen-bond donors (Lipinski definition) is 1. The minimum Gasteiger partial charge on any atom is -0.467 e. The number of nitrogens with one attached hydrogen (secondary N) is 1. The van der Waals surface area contributed by atoms with E-state index in [2.05, 4.69) is 9.82 Å². The second kappa shape index (κ2) is 7.16. The van der Waals surface area contributed by atoms with Gasteiger partial charge < -0.3 is 4.42 Å². The van der Waals surface area contributed by atoms with Crippen LogP contribution in [0.2, 0.25) is 0 Å². The van der Waals surface area contributed by atoms with Gasteiger partial charge >= 0.3 is 0 Å². The van der Waals surface area contributed by atoms with Crippen molar-refractivity contribution in [3.8, 4) is 0 Å². The Hall–Kier alpha value is -2.52. The molecule has 0 radical (unpaired) electrons. The fourth-order valence-corrected chi connectivity index (χ4v) is 3.53. The first kappa shape index (κ1) is 17.3. The zero-order valence-corrected chi connectivity index (χ0v) is 13.8. The molecule has 132 valence electrons. The number of furan rings is 1. The van der Waals surface area contributed by atoms with Crippen LogP contribution in [-0.4, -0.2) is 24.7 Å². The van der Waals surface area contributed by atoms with E-state index in [1.54, 1.807) is 35.3 Å². The average molecular weight is 367 g/mol. The van der Waals surface area contributed by atoms with Gasteiger partial charge in [-0.25, -0.2) is 21.9 Å². The van der Waals surface area contributed by atoms with E-state index in [9.17, 15) is 17.2 Å². The number of nitrogens with zero attached hydrogens (tertiary/aromatic N) is 2. The summed E-state index contributed by atoms with van der Waals surface area (Å²) in [5, 5.41) is 4.10. The molecule has 9 heteroatoms.